The highest BCUT2D eigenvalue weighted by Gasteiger charge is 2.43. The average Bonchev–Trinajstić information content (AvgIpc) is 3.47. The van der Waals surface area contributed by atoms with Gasteiger partial charge in [-0.3, -0.25) is 10.2 Å². The first kappa shape index (κ1) is 30.4. The van der Waals surface area contributed by atoms with Gasteiger partial charge in [-0.1, -0.05) is 42.5 Å². The zero-order chi connectivity index (χ0) is 29.8. The van der Waals surface area contributed by atoms with Crippen LogP contribution in [0.5, 0.6) is 23.0 Å². The van der Waals surface area contributed by atoms with Gasteiger partial charge in [0.2, 0.25) is 11.6 Å². The molecule has 1 heterocycles. The number of ether oxygens (including phenoxy) is 5. The van der Waals surface area contributed by atoms with Crippen molar-refractivity contribution in [1.82, 2.24) is 10.9 Å². The summed E-state index contributed by atoms with van der Waals surface area (Å²) in [7, 11) is 4.65. The summed E-state index contributed by atoms with van der Waals surface area (Å²) in [6, 6.07) is 20.8. The molecule has 1 amide bonds. The van der Waals surface area contributed by atoms with Crippen LogP contribution in [0.4, 0.5) is 0 Å². The molecule has 0 aliphatic carbocycles. The van der Waals surface area contributed by atoms with E-state index in [9.17, 15) is 4.79 Å². The number of aliphatic hydroxyl groups is 1. The van der Waals surface area contributed by atoms with E-state index in [-0.39, 0.29) is 19.1 Å². The summed E-state index contributed by atoms with van der Waals surface area (Å²) < 4.78 is 27.8. The van der Waals surface area contributed by atoms with Crippen LogP contribution in [0, 0.1) is 0 Å². The molecule has 0 saturated carbocycles. The molecule has 0 spiro atoms. The number of nitrogens with zero attached hydrogens (tertiary/aromatic N) is 1. The van der Waals surface area contributed by atoms with Crippen molar-refractivity contribution in [2.24, 2.45) is 4.99 Å². The number of hydrogen-bond donors (Lipinski definition) is 3. The number of aliphatic hydroxyl groups excluding tert-OH is 1. The highest BCUT2D eigenvalue weighted by Crippen LogP contribution is 2.38. The van der Waals surface area contributed by atoms with Crippen LogP contribution in [0.15, 0.2) is 77.8 Å². The Kier molecular flexibility index (Phi) is 10.8. The fourth-order valence-corrected chi connectivity index (χ4v) is 4.39. The molecule has 0 aromatic heterocycles. The summed E-state index contributed by atoms with van der Waals surface area (Å²) in [5.74, 6) is 2.26. The van der Waals surface area contributed by atoms with Gasteiger partial charge >= 0.3 is 0 Å². The van der Waals surface area contributed by atoms with Gasteiger partial charge in [0.25, 0.3) is 5.91 Å². The van der Waals surface area contributed by atoms with Crippen molar-refractivity contribution < 1.29 is 33.6 Å². The maximum atomic E-state index is 13.6. The Hall–Kier alpha value is -4.54. The standard InChI is InChI=1S/C32H37N3O7/c1-38-27-19-24(20-28(39-2)29(27)40-3)21-33-35-31(37)32(16-7-11-23-9-5-4-6-10-23)22-42-30(34-32)25-12-14-26(15-13-25)41-18-8-17-36/h4-7,9-15,19-20,33,36H,8,16-18,21-22H2,1-3H3,(H,35,37)/b11-7+/t32-/m0/s1. The fraction of sp³-hybridized carbons (Fsp3) is 0.312. The molecule has 222 valence electrons. The van der Waals surface area contributed by atoms with Gasteiger partial charge < -0.3 is 28.8 Å². The molecule has 4 rings (SSSR count). The third-order valence-electron chi connectivity index (χ3n) is 6.64. The number of methoxy groups -OCH3 is 3. The molecule has 10 nitrogen and oxygen atoms in total. The SMILES string of the molecule is COc1cc(CNNC(=O)[C@]2(C/C=C/c3ccccc3)COC(c3ccc(OCCCO)cc3)=N2)cc(OC)c1OC. The zero-order valence-electron chi connectivity index (χ0n) is 24.1. The van der Waals surface area contributed by atoms with Gasteiger partial charge in [-0.05, 0) is 47.5 Å². The number of rotatable bonds is 15. The maximum absolute atomic E-state index is 13.6. The minimum absolute atomic E-state index is 0.0724. The lowest BCUT2D eigenvalue weighted by molar-refractivity contribution is -0.127. The van der Waals surface area contributed by atoms with Gasteiger partial charge in [-0.15, -0.1) is 0 Å². The van der Waals surface area contributed by atoms with Crippen LogP contribution in [-0.2, 0) is 16.1 Å². The molecule has 1 aliphatic heterocycles. The second-order valence-corrected chi connectivity index (χ2v) is 9.55. The summed E-state index contributed by atoms with van der Waals surface area (Å²) in [4.78, 5) is 18.4. The Balaban J connectivity index is 1.50. The van der Waals surface area contributed by atoms with Crippen LogP contribution in [0.25, 0.3) is 6.08 Å². The van der Waals surface area contributed by atoms with Crippen LogP contribution < -0.4 is 29.8 Å². The molecule has 0 radical (unpaired) electrons. The zero-order valence-corrected chi connectivity index (χ0v) is 24.1. The second kappa shape index (κ2) is 14.9. The summed E-state index contributed by atoms with van der Waals surface area (Å²) >= 11 is 0. The quantitative estimate of drug-likeness (QED) is 0.184. The molecule has 1 aliphatic rings. The molecule has 0 fully saturated rings. The van der Waals surface area contributed by atoms with Crippen molar-refractivity contribution in [3.8, 4) is 23.0 Å². The fourth-order valence-electron chi connectivity index (χ4n) is 4.39. The Bertz CT molecular complexity index is 1350. The first-order chi connectivity index (χ1) is 20.5. The molecule has 0 saturated heterocycles. The van der Waals surface area contributed by atoms with E-state index < -0.39 is 5.54 Å². The predicted octanol–water partition coefficient (Wildman–Crippen LogP) is 3.91. The van der Waals surface area contributed by atoms with Crippen molar-refractivity contribution in [2.45, 2.75) is 24.9 Å². The van der Waals surface area contributed by atoms with E-state index in [1.165, 1.54) is 0 Å². The molecule has 10 heteroatoms. The maximum Gasteiger partial charge on any atom is 0.266 e. The van der Waals surface area contributed by atoms with Gasteiger partial charge in [-0.25, -0.2) is 10.4 Å². The van der Waals surface area contributed by atoms with E-state index in [1.807, 2.05) is 78.9 Å². The van der Waals surface area contributed by atoms with Crippen LogP contribution >= 0.6 is 0 Å². The molecule has 42 heavy (non-hydrogen) atoms. The summed E-state index contributed by atoms with van der Waals surface area (Å²) in [5.41, 5.74) is 7.20. The highest BCUT2D eigenvalue weighted by atomic mass is 16.5. The van der Waals surface area contributed by atoms with Crippen molar-refractivity contribution in [3.05, 3.63) is 89.5 Å². The van der Waals surface area contributed by atoms with Gasteiger partial charge in [0.15, 0.2) is 17.0 Å². The molecule has 3 aromatic rings. The predicted molar refractivity (Wildman–Crippen MR) is 160 cm³/mol. The smallest absolute Gasteiger partial charge is 0.266 e. The van der Waals surface area contributed by atoms with E-state index >= 15 is 0 Å². The Morgan fingerprint density at radius 1 is 1.02 bits per heavy atom. The number of hydrogen-bond acceptors (Lipinski definition) is 9. The van der Waals surface area contributed by atoms with E-state index in [0.29, 0.717) is 54.9 Å². The second-order valence-electron chi connectivity index (χ2n) is 9.55. The monoisotopic (exact) mass is 575 g/mol. The normalized spacial score (nSPS) is 16.0. The first-order valence-electron chi connectivity index (χ1n) is 13.6. The molecule has 1 atom stereocenters. The minimum Gasteiger partial charge on any atom is -0.494 e. The average molecular weight is 576 g/mol. The molecule has 0 unspecified atom stereocenters. The van der Waals surface area contributed by atoms with Crippen LogP contribution in [0.2, 0.25) is 0 Å². The molecule has 3 N–H and O–H groups in total. The minimum atomic E-state index is -1.18. The summed E-state index contributed by atoms with van der Waals surface area (Å²) in [5, 5.41) is 8.96. The largest absolute Gasteiger partial charge is 0.494 e. The van der Waals surface area contributed by atoms with E-state index in [2.05, 4.69) is 10.9 Å². The number of benzene rings is 3. The van der Waals surface area contributed by atoms with Crippen LogP contribution in [0.1, 0.15) is 29.5 Å². The number of carbonyl (C=O) groups is 1. The summed E-state index contributed by atoms with van der Waals surface area (Å²) in [6.07, 6.45) is 4.77. The Labute approximate surface area is 245 Å². The Morgan fingerprint density at radius 2 is 1.74 bits per heavy atom. The van der Waals surface area contributed by atoms with Crippen LogP contribution in [-0.4, -0.2) is 63.6 Å². The third-order valence-corrected chi connectivity index (χ3v) is 6.64. The van der Waals surface area contributed by atoms with Gasteiger partial charge in [0.05, 0.1) is 27.9 Å². The lowest BCUT2D eigenvalue weighted by Crippen LogP contribution is -2.51. The highest BCUT2D eigenvalue weighted by molar-refractivity contribution is 6.00. The number of nitrogens with one attached hydrogen (secondary N) is 2. The van der Waals surface area contributed by atoms with Crippen molar-refractivity contribution in [1.29, 1.82) is 0 Å². The van der Waals surface area contributed by atoms with Crippen molar-refractivity contribution in [2.75, 3.05) is 41.2 Å². The number of amides is 1. The van der Waals surface area contributed by atoms with E-state index in [4.69, 9.17) is 33.8 Å². The van der Waals surface area contributed by atoms with Gasteiger partial charge in [0.1, 0.15) is 12.4 Å². The van der Waals surface area contributed by atoms with Crippen molar-refractivity contribution >= 4 is 17.9 Å². The molecular formula is C32H37N3O7. The van der Waals surface area contributed by atoms with E-state index in [0.717, 1.165) is 16.7 Å². The summed E-state index contributed by atoms with van der Waals surface area (Å²) in [6.45, 7) is 0.873. The van der Waals surface area contributed by atoms with Gasteiger partial charge in [-0.2, -0.15) is 0 Å². The van der Waals surface area contributed by atoms with Crippen molar-refractivity contribution in [3.63, 3.8) is 0 Å². The third kappa shape index (κ3) is 7.59. The Morgan fingerprint density at radius 3 is 2.38 bits per heavy atom. The molecular weight excluding hydrogens is 538 g/mol. The lowest BCUT2D eigenvalue weighted by atomic mass is 9.95. The number of carbonyl (C=O) groups excluding carboxylic acids is 1. The first-order valence-corrected chi connectivity index (χ1v) is 13.6. The topological polar surface area (TPSA) is 120 Å². The lowest BCUT2D eigenvalue weighted by Gasteiger charge is -2.22. The number of aliphatic imine (C=N–C) groups is 1. The van der Waals surface area contributed by atoms with Crippen LogP contribution in [0.3, 0.4) is 0 Å². The van der Waals surface area contributed by atoms with E-state index in [1.54, 1.807) is 21.3 Å². The molecule has 0 bridgehead atoms. The molecule has 3 aromatic carbocycles. The van der Waals surface area contributed by atoms with Gasteiger partial charge in [0, 0.05) is 31.6 Å². The number of hydrazine groups is 1.